The summed E-state index contributed by atoms with van der Waals surface area (Å²) in [5.41, 5.74) is 1.85. The SMILES string of the molecule is COc1ccc(OC)c(C(=O)COC(=O)c2ccc(C(C)C)cc2)c1. The fourth-order valence-corrected chi connectivity index (χ4v) is 2.33. The van der Waals surface area contributed by atoms with Crippen LogP contribution in [0.5, 0.6) is 11.5 Å². The van der Waals surface area contributed by atoms with Crippen molar-refractivity contribution in [3.05, 3.63) is 59.2 Å². The highest BCUT2D eigenvalue weighted by molar-refractivity contribution is 6.01. The molecule has 0 radical (unpaired) electrons. The van der Waals surface area contributed by atoms with Gasteiger partial charge in [-0.15, -0.1) is 0 Å². The summed E-state index contributed by atoms with van der Waals surface area (Å²) in [6.45, 7) is 3.79. The van der Waals surface area contributed by atoms with Crippen LogP contribution in [-0.2, 0) is 4.74 Å². The number of methoxy groups -OCH3 is 2. The van der Waals surface area contributed by atoms with Crippen LogP contribution in [0.15, 0.2) is 42.5 Å². The van der Waals surface area contributed by atoms with Crippen LogP contribution in [0.4, 0.5) is 0 Å². The molecule has 0 amide bonds. The fraction of sp³-hybridized carbons (Fsp3) is 0.300. The number of carbonyl (C=O) groups excluding carboxylic acids is 2. The van der Waals surface area contributed by atoms with Crippen LogP contribution in [0.25, 0.3) is 0 Å². The second-order valence-corrected chi connectivity index (χ2v) is 5.84. The van der Waals surface area contributed by atoms with Crippen LogP contribution in [0, 0.1) is 0 Å². The lowest BCUT2D eigenvalue weighted by Crippen LogP contribution is -2.15. The Morgan fingerprint density at radius 1 is 0.960 bits per heavy atom. The molecule has 2 rings (SSSR count). The van der Waals surface area contributed by atoms with E-state index in [1.165, 1.54) is 14.2 Å². The predicted molar refractivity (Wildman–Crippen MR) is 94.7 cm³/mol. The van der Waals surface area contributed by atoms with Gasteiger partial charge in [-0.2, -0.15) is 0 Å². The van der Waals surface area contributed by atoms with Gasteiger partial charge in [0.15, 0.2) is 6.61 Å². The van der Waals surface area contributed by atoms with Gasteiger partial charge in [0.1, 0.15) is 11.5 Å². The third kappa shape index (κ3) is 4.59. The Labute approximate surface area is 147 Å². The molecule has 0 unspecified atom stereocenters. The molecule has 0 N–H and O–H groups in total. The topological polar surface area (TPSA) is 61.8 Å². The quantitative estimate of drug-likeness (QED) is 0.565. The molecule has 2 aromatic carbocycles. The molecule has 0 fully saturated rings. The first-order chi connectivity index (χ1) is 12.0. The van der Waals surface area contributed by atoms with E-state index in [1.54, 1.807) is 30.3 Å². The van der Waals surface area contributed by atoms with Crippen molar-refractivity contribution >= 4 is 11.8 Å². The van der Waals surface area contributed by atoms with E-state index in [4.69, 9.17) is 14.2 Å². The van der Waals surface area contributed by atoms with Gasteiger partial charge in [0.2, 0.25) is 5.78 Å². The number of ketones is 1. The van der Waals surface area contributed by atoms with Crippen LogP contribution in [0.3, 0.4) is 0 Å². The number of ether oxygens (including phenoxy) is 3. The van der Waals surface area contributed by atoms with Crippen LogP contribution in [0.1, 0.15) is 46.0 Å². The van der Waals surface area contributed by atoms with E-state index in [9.17, 15) is 9.59 Å². The molecule has 0 spiro atoms. The Bertz CT molecular complexity index is 747. The van der Waals surface area contributed by atoms with Crippen LogP contribution >= 0.6 is 0 Å². The maximum Gasteiger partial charge on any atom is 0.338 e. The molecule has 5 heteroatoms. The fourth-order valence-electron chi connectivity index (χ4n) is 2.33. The lowest BCUT2D eigenvalue weighted by molar-refractivity contribution is 0.0474. The number of hydrogen-bond donors (Lipinski definition) is 0. The summed E-state index contributed by atoms with van der Waals surface area (Å²) in [6.07, 6.45) is 0. The van der Waals surface area contributed by atoms with E-state index < -0.39 is 5.97 Å². The Balaban J connectivity index is 2.05. The molecule has 0 bridgehead atoms. The summed E-state index contributed by atoms with van der Waals surface area (Å²) in [7, 11) is 2.98. The second-order valence-electron chi connectivity index (χ2n) is 5.84. The zero-order chi connectivity index (χ0) is 18.4. The predicted octanol–water partition coefficient (Wildman–Crippen LogP) is 3.87. The summed E-state index contributed by atoms with van der Waals surface area (Å²) in [4.78, 5) is 24.5. The van der Waals surface area contributed by atoms with E-state index >= 15 is 0 Å². The van der Waals surface area contributed by atoms with Gasteiger partial charge in [-0.05, 0) is 41.8 Å². The van der Waals surface area contributed by atoms with E-state index in [2.05, 4.69) is 13.8 Å². The largest absolute Gasteiger partial charge is 0.497 e. The van der Waals surface area contributed by atoms with Gasteiger partial charge in [0, 0.05) is 0 Å². The maximum absolute atomic E-state index is 12.4. The van der Waals surface area contributed by atoms with Crippen molar-refractivity contribution in [1.82, 2.24) is 0 Å². The summed E-state index contributed by atoms with van der Waals surface area (Å²) in [5.74, 6) is 0.420. The Kier molecular flexibility index (Phi) is 6.17. The number of esters is 1. The number of Topliss-reactive ketones (excluding diaryl/α,β-unsaturated/α-hetero) is 1. The molecule has 0 aliphatic carbocycles. The molecule has 132 valence electrons. The molecule has 0 aliphatic rings. The van der Waals surface area contributed by atoms with Crippen molar-refractivity contribution in [3.8, 4) is 11.5 Å². The third-order valence-electron chi connectivity index (χ3n) is 3.85. The summed E-state index contributed by atoms with van der Waals surface area (Å²) < 4.78 is 15.4. The van der Waals surface area contributed by atoms with Gasteiger partial charge in [-0.1, -0.05) is 26.0 Å². The van der Waals surface area contributed by atoms with Crippen molar-refractivity contribution in [2.75, 3.05) is 20.8 Å². The van der Waals surface area contributed by atoms with Crippen LogP contribution in [0.2, 0.25) is 0 Å². The molecule has 0 saturated heterocycles. The standard InChI is InChI=1S/C20H22O5/c1-13(2)14-5-7-15(8-6-14)20(22)25-12-18(21)17-11-16(23-3)9-10-19(17)24-4/h5-11,13H,12H2,1-4H3. The molecule has 2 aromatic rings. The first-order valence-electron chi connectivity index (χ1n) is 7.98. The lowest BCUT2D eigenvalue weighted by atomic mass is 10.0. The Morgan fingerprint density at radius 3 is 2.20 bits per heavy atom. The van der Waals surface area contributed by atoms with Crippen molar-refractivity contribution in [3.63, 3.8) is 0 Å². The molecule has 5 nitrogen and oxygen atoms in total. The van der Waals surface area contributed by atoms with Crippen molar-refractivity contribution in [2.24, 2.45) is 0 Å². The average Bonchev–Trinajstić information content (AvgIpc) is 2.65. The van der Waals surface area contributed by atoms with Gasteiger partial charge >= 0.3 is 5.97 Å². The zero-order valence-electron chi connectivity index (χ0n) is 14.9. The molecule has 0 saturated carbocycles. The number of benzene rings is 2. The Hall–Kier alpha value is -2.82. The number of rotatable bonds is 7. The minimum atomic E-state index is -0.537. The summed E-state index contributed by atoms with van der Waals surface area (Å²) >= 11 is 0. The van der Waals surface area contributed by atoms with Crippen LogP contribution in [-0.4, -0.2) is 32.6 Å². The minimum Gasteiger partial charge on any atom is -0.497 e. The van der Waals surface area contributed by atoms with Gasteiger partial charge in [0.25, 0.3) is 0 Å². The average molecular weight is 342 g/mol. The van der Waals surface area contributed by atoms with E-state index in [1.807, 2.05) is 12.1 Å². The van der Waals surface area contributed by atoms with Gasteiger partial charge in [-0.3, -0.25) is 4.79 Å². The number of carbonyl (C=O) groups is 2. The Morgan fingerprint density at radius 2 is 1.64 bits per heavy atom. The maximum atomic E-state index is 12.4. The molecule has 0 heterocycles. The van der Waals surface area contributed by atoms with E-state index in [-0.39, 0.29) is 12.4 Å². The first kappa shape index (κ1) is 18.5. The van der Waals surface area contributed by atoms with Crippen molar-refractivity contribution in [2.45, 2.75) is 19.8 Å². The van der Waals surface area contributed by atoms with Gasteiger partial charge < -0.3 is 14.2 Å². The molecule has 25 heavy (non-hydrogen) atoms. The highest BCUT2D eigenvalue weighted by Crippen LogP contribution is 2.24. The molecular formula is C20H22O5. The molecular weight excluding hydrogens is 320 g/mol. The lowest BCUT2D eigenvalue weighted by Gasteiger charge is -2.10. The summed E-state index contributed by atoms with van der Waals surface area (Å²) in [6, 6.07) is 12.1. The molecule has 0 aromatic heterocycles. The number of hydrogen-bond acceptors (Lipinski definition) is 5. The van der Waals surface area contributed by atoms with Gasteiger partial charge in [-0.25, -0.2) is 4.79 Å². The van der Waals surface area contributed by atoms with Crippen molar-refractivity contribution < 1.29 is 23.8 Å². The summed E-state index contributed by atoms with van der Waals surface area (Å²) in [5, 5.41) is 0. The molecule has 0 atom stereocenters. The van der Waals surface area contributed by atoms with Gasteiger partial charge in [0.05, 0.1) is 25.3 Å². The smallest absolute Gasteiger partial charge is 0.338 e. The van der Waals surface area contributed by atoms with E-state index in [0.717, 1.165) is 5.56 Å². The molecule has 0 aliphatic heterocycles. The zero-order valence-corrected chi connectivity index (χ0v) is 14.9. The monoisotopic (exact) mass is 342 g/mol. The van der Waals surface area contributed by atoms with Crippen LogP contribution < -0.4 is 9.47 Å². The highest BCUT2D eigenvalue weighted by Gasteiger charge is 2.16. The highest BCUT2D eigenvalue weighted by atomic mass is 16.5. The van der Waals surface area contributed by atoms with Crippen molar-refractivity contribution in [1.29, 1.82) is 0 Å². The normalized spacial score (nSPS) is 10.4. The first-order valence-corrected chi connectivity index (χ1v) is 7.98. The minimum absolute atomic E-state index is 0.310. The second kappa shape index (κ2) is 8.33. The van der Waals surface area contributed by atoms with E-state index in [0.29, 0.717) is 28.5 Å². The third-order valence-corrected chi connectivity index (χ3v) is 3.85.